The second kappa shape index (κ2) is 6.59. The summed E-state index contributed by atoms with van der Waals surface area (Å²) in [6.07, 6.45) is 5.99. The molecule has 3 fully saturated rings. The van der Waals surface area contributed by atoms with E-state index in [4.69, 9.17) is 5.73 Å². The Morgan fingerprint density at radius 1 is 1.29 bits per heavy atom. The van der Waals surface area contributed by atoms with Gasteiger partial charge in [0.15, 0.2) is 0 Å². The Labute approximate surface area is 168 Å². The zero-order valence-corrected chi connectivity index (χ0v) is 16.8. The number of nitrogens with zero attached hydrogens (tertiary/aromatic N) is 2. The van der Waals surface area contributed by atoms with Crippen LogP contribution in [0, 0.1) is 18.7 Å². The van der Waals surface area contributed by atoms with Crippen molar-refractivity contribution in [2.24, 2.45) is 11.7 Å². The molecule has 2 aliphatic carbocycles. The number of hydrogen-bond acceptors (Lipinski definition) is 4. The number of halogens is 2. The quantitative estimate of drug-likeness (QED) is 0.814. The first-order valence-corrected chi connectivity index (χ1v) is 9.88. The third-order valence-electron chi connectivity index (χ3n) is 6.49. The molecule has 2 saturated carbocycles. The summed E-state index contributed by atoms with van der Waals surface area (Å²) in [5.41, 5.74) is 7.17. The van der Waals surface area contributed by atoms with Gasteiger partial charge in [0.2, 0.25) is 0 Å². The second-order valence-corrected chi connectivity index (χ2v) is 8.76. The first-order valence-electron chi connectivity index (χ1n) is 9.88. The summed E-state index contributed by atoms with van der Waals surface area (Å²) in [4.78, 5) is 29.1. The van der Waals surface area contributed by atoms with E-state index in [-0.39, 0.29) is 35.2 Å². The number of benzene rings is 1. The van der Waals surface area contributed by atoms with Crippen LogP contribution in [0.15, 0.2) is 15.7 Å². The number of aryl methyl sites for hydroxylation is 1. The molecule has 1 unspecified atom stereocenters. The molecule has 28 heavy (non-hydrogen) atoms. The highest BCUT2D eigenvalue weighted by Gasteiger charge is 2.42. The van der Waals surface area contributed by atoms with Gasteiger partial charge in [-0.1, -0.05) is 0 Å². The molecular weight excluding hydrogens is 383 g/mol. The Morgan fingerprint density at radius 2 is 2.00 bits per heavy atom. The maximum atomic E-state index is 15.0. The average Bonchev–Trinajstić information content (AvgIpc) is 3.51. The van der Waals surface area contributed by atoms with Gasteiger partial charge in [0, 0.05) is 30.2 Å². The molecule has 2 heterocycles. The van der Waals surface area contributed by atoms with Gasteiger partial charge in [-0.15, -0.1) is 12.4 Å². The highest BCUT2D eigenvalue weighted by Crippen LogP contribution is 2.42. The Bertz CT molecular complexity index is 1050. The van der Waals surface area contributed by atoms with Crippen molar-refractivity contribution in [3.63, 3.8) is 0 Å². The standard InChI is InChI=1S/C20H25FN4O2.ClH/c1-11-16-14(18(26)23-19(27)25(16)13-2-3-13)8-15(21)17(11)24-7-4-12(10-24)9-20(22)5-6-20;/h8,12-13H,2-7,9-10,22H2,1H3,(H,23,26,27);1H. The Balaban J connectivity index is 0.00000192. The normalized spacial score (nSPS) is 23.1. The number of fused-ring (bicyclic) bond motifs is 1. The van der Waals surface area contributed by atoms with Crippen LogP contribution in [-0.4, -0.2) is 28.2 Å². The Morgan fingerprint density at radius 3 is 2.64 bits per heavy atom. The maximum absolute atomic E-state index is 15.0. The van der Waals surface area contributed by atoms with Gasteiger partial charge >= 0.3 is 5.69 Å². The van der Waals surface area contributed by atoms with Crippen LogP contribution in [-0.2, 0) is 0 Å². The van der Waals surface area contributed by atoms with Crippen LogP contribution in [0.1, 0.15) is 50.1 Å². The lowest BCUT2D eigenvalue weighted by molar-refractivity contribution is 0.455. The number of H-pyrrole nitrogens is 1. The van der Waals surface area contributed by atoms with E-state index < -0.39 is 11.2 Å². The lowest BCUT2D eigenvalue weighted by atomic mass is 9.98. The number of nitrogens with one attached hydrogen (secondary N) is 1. The van der Waals surface area contributed by atoms with E-state index in [1.54, 1.807) is 4.57 Å². The molecule has 0 spiro atoms. The van der Waals surface area contributed by atoms with E-state index in [0.29, 0.717) is 22.7 Å². The van der Waals surface area contributed by atoms with Gasteiger partial charge in [-0.05, 0) is 57.4 Å². The number of anilines is 1. The van der Waals surface area contributed by atoms with Crippen molar-refractivity contribution in [3.05, 3.63) is 38.3 Å². The fourth-order valence-electron chi connectivity index (χ4n) is 4.78. The van der Waals surface area contributed by atoms with Crippen LogP contribution in [0.5, 0.6) is 0 Å². The van der Waals surface area contributed by atoms with Crippen LogP contribution in [0.2, 0.25) is 0 Å². The van der Waals surface area contributed by atoms with Crippen molar-refractivity contribution in [1.29, 1.82) is 0 Å². The topological polar surface area (TPSA) is 84.1 Å². The number of aromatic nitrogens is 2. The van der Waals surface area contributed by atoms with Gasteiger partial charge in [0.25, 0.3) is 5.56 Å². The highest BCUT2D eigenvalue weighted by molar-refractivity contribution is 5.87. The van der Waals surface area contributed by atoms with Crippen LogP contribution in [0.25, 0.3) is 10.9 Å². The SMILES string of the molecule is Cc1c(N2CCC(CC3(N)CC3)C2)c(F)cc2c(=O)[nH]c(=O)n(C3CC3)c12.Cl. The van der Waals surface area contributed by atoms with E-state index >= 15 is 4.39 Å². The summed E-state index contributed by atoms with van der Waals surface area (Å²) in [6, 6.07) is 1.40. The highest BCUT2D eigenvalue weighted by atomic mass is 35.5. The van der Waals surface area contributed by atoms with Gasteiger partial charge in [-0.2, -0.15) is 0 Å². The molecular formula is C20H26ClFN4O2. The van der Waals surface area contributed by atoms with Gasteiger partial charge in [0.1, 0.15) is 5.82 Å². The molecule has 3 N–H and O–H groups in total. The molecule has 0 bridgehead atoms. The molecule has 5 rings (SSSR count). The summed E-state index contributed by atoms with van der Waals surface area (Å²) in [5.74, 6) is 0.0813. The fourth-order valence-corrected chi connectivity index (χ4v) is 4.78. The summed E-state index contributed by atoms with van der Waals surface area (Å²) in [5, 5.41) is 0.259. The van der Waals surface area contributed by atoms with E-state index in [9.17, 15) is 9.59 Å². The summed E-state index contributed by atoms with van der Waals surface area (Å²) < 4.78 is 16.7. The lowest BCUT2D eigenvalue weighted by Crippen LogP contribution is -2.31. The molecule has 1 aliphatic heterocycles. The predicted octanol–water partition coefficient (Wildman–Crippen LogP) is 2.60. The summed E-state index contributed by atoms with van der Waals surface area (Å²) >= 11 is 0. The van der Waals surface area contributed by atoms with Crippen molar-refractivity contribution >= 4 is 29.0 Å². The van der Waals surface area contributed by atoms with Crippen LogP contribution >= 0.6 is 12.4 Å². The molecule has 8 heteroatoms. The predicted molar refractivity (Wildman–Crippen MR) is 110 cm³/mol. The molecule has 6 nitrogen and oxygen atoms in total. The molecule has 0 amide bonds. The average molecular weight is 409 g/mol. The molecule has 3 aliphatic rings. The van der Waals surface area contributed by atoms with E-state index in [1.165, 1.54) is 6.07 Å². The molecule has 1 atom stereocenters. The molecule has 2 aromatic rings. The minimum absolute atomic E-state index is 0. The molecule has 0 radical (unpaired) electrons. The summed E-state index contributed by atoms with van der Waals surface area (Å²) in [6.45, 7) is 3.39. The third-order valence-corrected chi connectivity index (χ3v) is 6.49. The number of rotatable bonds is 4. The lowest BCUT2D eigenvalue weighted by Gasteiger charge is -2.24. The fraction of sp³-hybridized carbons (Fsp3) is 0.600. The van der Waals surface area contributed by atoms with Crippen LogP contribution in [0.3, 0.4) is 0 Å². The van der Waals surface area contributed by atoms with Crippen molar-refractivity contribution in [2.45, 2.75) is 57.0 Å². The first kappa shape index (κ1) is 19.5. The third kappa shape index (κ3) is 3.14. The Kier molecular flexibility index (Phi) is 4.58. The van der Waals surface area contributed by atoms with Crippen LogP contribution < -0.4 is 21.9 Å². The smallest absolute Gasteiger partial charge is 0.329 e. The van der Waals surface area contributed by atoms with Crippen molar-refractivity contribution in [1.82, 2.24) is 9.55 Å². The van der Waals surface area contributed by atoms with Crippen molar-refractivity contribution in [2.75, 3.05) is 18.0 Å². The van der Waals surface area contributed by atoms with Crippen molar-refractivity contribution in [3.8, 4) is 0 Å². The molecule has 152 valence electrons. The Hall–Kier alpha value is -1.86. The van der Waals surface area contributed by atoms with Crippen molar-refractivity contribution < 1.29 is 4.39 Å². The number of aromatic amines is 1. The second-order valence-electron chi connectivity index (χ2n) is 8.76. The maximum Gasteiger partial charge on any atom is 0.329 e. The van der Waals surface area contributed by atoms with Gasteiger partial charge in [-0.3, -0.25) is 14.3 Å². The molecule has 1 saturated heterocycles. The molecule has 1 aromatic carbocycles. The van der Waals surface area contributed by atoms with E-state index in [0.717, 1.165) is 51.6 Å². The number of hydrogen-bond donors (Lipinski definition) is 2. The number of nitrogens with two attached hydrogens (primary N) is 1. The van der Waals surface area contributed by atoms with Gasteiger partial charge in [0.05, 0.1) is 16.6 Å². The van der Waals surface area contributed by atoms with E-state index in [2.05, 4.69) is 9.88 Å². The van der Waals surface area contributed by atoms with E-state index in [1.807, 2.05) is 6.92 Å². The zero-order valence-electron chi connectivity index (χ0n) is 16.0. The minimum Gasteiger partial charge on any atom is -0.369 e. The zero-order chi connectivity index (χ0) is 18.9. The largest absolute Gasteiger partial charge is 0.369 e. The molecule has 1 aromatic heterocycles. The summed E-state index contributed by atoms with van der Waals surface area (Å²) in [7, 11) is 0. The first-order chi connectivity index (χ1) is 12.9. The minimum atomic E-state index is -0.515. The monoisotopic (exact) mass is 408 g/mol. The van der Waals surface area contributed by atoms with Gasteiger partial charge < -0.3 is 10.6 Å². The van der Waals surface area contributed by atoms with Gasteiger partial charge in [-0.25, -0.2) is 9.18 Å². The van der Waals surface area contributed by atoms with Crippen LogP contribution in [0.4, 0.5) is 10.1 Å².